The first-order valence-electron chi connectivity index (χ1n) is 8.68. The molecule has 0 spiro atoms. The fourth-order valence-corrected chi connectivity index (χ4v) is 2.72. The normalized spacial score (nSPS) is 11.7. The second-order valence-corrected chi connectivity index (χ2v) is 6.43. The Morgan fingerprint density at radius 2 is 2.12 bits per heavy atom. The van der Waals surface area contributed by atoms with Crippen LogP contribution in [0, 0.1) is 0 Å². The quantitative estimate of drug-likeness (QED) is 0.445. The van der Waals surface area contributed by atoms with Gasteiger partial charge in [0.05, 0.1) is 12.0 Å². The molecule has 0 unspecified atom stereocenters. The summed E-state index contributed by atoms with van der Waals surface area (Å²) in [6.07, 6.45) is 3.52. The number of rotatable bonds is 7. The van der Waals surface area contributed by atoms with Crippen LogP contribution in [-0.4, -0.2) is 53.7 Å². The van der Waals surface area contributed by atoms with Crippen LogP contribution in [0.15, 0.2) is 34.0 Å². The van der Waals surface area contributed by atoms with Crippen molar-refractivity contribution in [1.29, 1.82) is 0 Å². The highest BCUT2D eigenvalue weighted by atomic mass is 16.3. The molecule has 0 saturated heterocycles. The summed E-state index contributed by atoms with van der Waals surface area (Å²) in [7, 11) is 5.66. The van der Waals surface area contributed by atoms with Gasteiger partial charge in [-0.3, -0.25) is 14.5 Å². The van der Waals surface area contributed by atoms with E-state index in [4.69, 9.17) is 4.42 Å². The van der Waals surface area contributed by atoms with Crippen LogP contribution in [0.25, 0.3) is 0 Å². The Bertz CT molecular complexity index is 733. The molecule has 0 aliphatic heterocycles. The minimum atomic E-state index is -0.225. The number of nitrogens with one attached hydrogen (secondary N) is 2. The van der Waals surface area contributed by atoms with Crippen LogP contribution in [0.5, 0.6) is 0 Å². The Hall–Kier alpha value is -2.77. The summed E-state index contributed by atoms with van der Waals surface area (Å²) in [6.45, 7) is 6.02. The van der Waals surface area contributed by atoms with E-state index in [0.717, 1.165) is 11.7 Å². The van der Waals surface area contributed by atoms with Crippen molar-refractivity contribution in [2.45, 2.75) is 26.3 Å². The number of aromatic nitrogens is 2. The van der Waals surface area contributed by atoms with E-state index in [1.165, 1.54) is 11.8 Å². The summed E-state index contributed by atoms with van der Waals surface area (Å²) in [4.78, 5) is 18.2. The minimum Gasteiger partial charge on any atom is -0.459 e. The van der Waals surface area contributed by atoms with E-state index in [1.54, 1.807) is 19.2 Å². The molecule has 0 atom stereocenters. The van der Waals surface area contributed by atoms with Crippen LogP contribution in [0.1, 0.15) is 41.6 Å². The summed E-state index contributed by atoms with van der Waals surface area (Å²) in [5.74, 6) is 1.21. The van der Waals surface area contributed by atoms with Gasteiger partial charge in [-0.05, 0) is 18.1 Å². The second kappa shape index (κ2) is 9.07. The Kier molecular flexibility index (Phi) is 6.82. The summed E-state index contributed by atoms with van der Waals surface area (Å²) in [5, 5.41) is 10.6. The van der Waals surface area contributed by atoms with Gasteiger partial charge in [-0.1, -0.05) is 13.8 Å². The summed E-state index contributed by atoms with van der Waals surface area (Å²) in [6, 6.07) is 3.32. The molecule has 2 rings (SSSR count). The zero-order valence-electron chi connectivity index (χ0n) is 16.1. The molecule has 142 valence electrons. The molecule has 2 heterocycles. The van der Waals surface area contributed by atoms with E-state index in [2.05, 4.69) is 34.6 Å². The lowest BCUT2D eigenvalue weighted by atomic mass is 10.1. The largest absolute Gasteiger partial charge is 0.459 e. The molecule has 2 N–H and O–H groups in total. The van der Waals surface area contributed by atoms with Gasteiger partial charge < -0.3 is 20.0 Å². The van der Waals surface area contributed by atoms with Gasteiger partial charge in [-0.15, -0.1) is 0 Å². The minimum absolute atomic E-state index is 0.225. The van der Waals surface area contributed by atoms with Crippen molar-refractivity contribution in [3.8, 4) is 0 Å². The van der Waals surface area contributed by atoms with Crippen molar-refractivity contribution >= 4 is 11.9 Å². The van der Waals surface area contributed by atoms with Gasteiger partial charge >= 0.3 is 0 Å². The van der Waals surface area contributed by atoms with Gasteiger partial charge in [0.25, 0.3) is 5.91 Å². The predicted octanol–water partition coefficient (Wildman–Crippen LogP) is 1.57. The average molecular weight is 360 g/mol. The van der Waals surface area contributed by atoms with Crippen molar-refractivity contribution in [1.82, 2.24) is 25.3 Å². The summed E-state index contributed by atoms with van der Waals surface area (Å²) >= 11 is 0. The Morgan fingerprint density at radius 1 is 1.38 bits per heavy atom. The van der Waals surface area contributed by atoms with Crippen molar-refractivity contribution in [3.05, 3.63) is 41.6 Å². The molecule has 0 aliphatic rings. The second-order valence-electron chi connectivity index (χ2n) is 6.43. The van der Waals surface area contributed by atoms with E-state index < -0.39 is 0 Å². The number of hydrogen-bond acceptors (Lipinski definition) is 4. The van der Waals surface area contributed by atoms with Crippen molar-refractivity contribution in [2.75, 3.05) is 27.2 Å². The highest BCUT2D eigenvalue weighted by Gasteiger charge is 2.15. The van der Waals surface area contributed by atoms with E-state index in [-0.39, 0.29) is 5.91 Å². The van der Waals surface area contributed by atoms with Gasteiger partial charge in [-0.25, -0.2) is 0 Å². The van der Waals surface area contributed by atoms with Crippen LogP contribution < -0.4 is 10.6 Å². The number of amides is 1. The van der Waals surface area contributed by atoms with Gasteiger partial charge in [0.1, 0.15) is 0 Å². The highest BCUT2D eigenvalue weighted by Crippen LogP contribution is 2.18. The molecule has 0 bridgehead atoms. The predicted molar refractivity (Wildman–Crippen MR) is 101 cm³/mol. The lowest BCUT2D eigenvalue weighted by Gasteiger charge is -2.22. The first kappa shape index (κ1) is 19.6. The summed E-state index contributed by atoms with van der Waals surface area (Å²) in [5.41, 5.74) is 2.28. The van der Waals surface area contributed by atoms with Crippen molar-refractivity contribution in [3.63, 3.8) is 0 Å². The molecule has 2 aromatic heterocycles. The first-order chi connectivity index (χ1) is 12.4. The number of aliphatic imine (C=N–C) groups is 1. The molecular weight excluding hydrogens is 332 g/mol. The van der Waals surface area contributed by atoms with Crippen LogP contribution in [0.2, 0.25) is 0 Å². The molecule has 0 aliphatic carbocycles. The molecule has 2 aromatic rings. The third kappa shape index (κ3) is 5.11. The highest BCUT2D eigenvalue weighted by molar-refractivity contribution is 5.91. The van der Waals surface area contributed by atoms with Crippen LogP contribution in [-0.2, 0) is 13.6 Å². The molecule has 0 saturated carbocycles. The topological polar surface area (TPSA) is 87.7 Å². The van der Waals surface area contributed by atoms with Crippen LogP contribution in [0.4, 0.5) is 0 Å². The molecular formula is C18H28N6O2. The molecule has 0 aromatic carbocycles. The number of aryl methyl sites for hydroxylation is 1. The first-order valence-corrected chi connectivity index (χ1v) is 8.68. The fraction of sp³-hybridized carbons (Fsp3) is 0.500. The molecule has 26 heavy (non-hydrogen) atoms. The van der Waals surface area contributed by atoms with E-state index in [0.29, 0.717) is 31.3 Å². The third-order valence-electron chi connectivity index (χ3n) is 3.90. The van der Waals surface area contributed by atoms with Crippen molar-refractivity contribution in [2.24, 2.45) is 12.0 Å². The van der Waals surface area contributed by atoms with Crippen LogP contribution >= 0.6 is 0 Å². The molecule has 8 nitrogen and oxygen atoms in total. The van der Waals surface area contributed by atoms with Gasteiger partial charge in [0, 0.05) is 52.5 Å². The van der Waals surface area contributed by atoms with E-state index in [9.17, 15) is 4.79 Å². The van der Waals surface area contributed by atoms with Gasteiger partial charge in [0.15, 0.2) is 11.7 Å². The lowest BCUT2D eigenvalue weighted by Crippen LogP contribution is -2.42. The lowest BCUT2D eigenvalue weighted by molar-refractivity contribution is 0.0926. The number of furan rings is 1. The maximum absolute atomic E-state index is 11.8. The van der Waals surface area contributed by atoms with E-state index >= 15 is 0 Å². The third-order valence-corrected chi connectivity index (χ3v) is 3.90. The number of hydrogen-bond donors (Lipinski definition) is 2. The fourth-order valence-electron chi connectivity index (χ4n) is 2.72. The Morgan fingerprint density at radius 3 is 2.73 bits per heavy atom. The Labute approximate surface area is 154 Å². The smallest absolute Gasteiger partial charge is 0.287 e. The summed E-state index contributed by atoms with van der Waals surface area (Å²) < 4.78 is 6.91. The molecule has 0 fully saturated rings. The number of carbonyl (C=O) groups excluding carboxylic acids is 1. The maximum Gasteiger partial charge on any atom is 0.287 e. The molecule has 8 heteroatoms. The van der Waals surface area contributed by atoms with Crippen molar-refractivity contribution < 1.29 is 9.21 Å². The zero-order chi connectivity index (χ0) is 19.1. The number of nitrogens with zero attached hydrogens (tertiary/aromatic N) is 4. The standard InChI is InChI=1S/C18H28N6O2/c1-13(2)16-14(12-24(5)22-16)11-23(4)18(19-3)21-9-8-20-17(25)15-7-6-10-26-15/h6-7,10,12-13H,8-9,11H2,1-5H3,(H,19,21)(H,20,25). The van der Waals surface area contributed by atoms with Crippen LogP contribution in [0.3, 0.4) is 0 Å². The molecule has 0 radical (unpaired) electrons. The SMILES string of the molecule is CN=C(NCCNC(=O)c1ccco1)N(C)Cc1cn(C)nc1C(C)C. The van der Waals surface area contributed by atoms with E-state index in [1.807, 2.05) is 29.9 Å². The number of carbonyl (C=O) groups is 1. The van der Waals surface area contributed by atoms with Gasteiger partial charge in [-0.2, -0.15) is 5.10 Å². The zero-order valence-corrected chi connectivity index (χ0v) is 16.1. The maximum atomic E-state index is 11.8. The van der Waals surface area contributed by atoms with Gasteiger partial charge in [0.2, 0.25) is 0 Å². The molecule has 1 amide bonds. The average Bonchev–Trinajstić information content (AvgIpc) is 3.24. The number of guanidine groups is 1. The Balaban J connectivity index is 1.83. The monoisotopic (exact) mass is 360 g/mol.